The third kappa shape index (κ3) is 4.27. The molecule has 140 valence electrons. The first-order chi connectivity index (χ1) is 12.9. The molecule has 0 unspecified atom stereocenters. The highest BCUT2D eigenvalue weighted by molar-refractivity contribution is 6.42. The van der Waals surface area contributed by atoms with Crippen molar-refractivity contribution >= 4 is 28.9 Å². The van der Waals surface area contributed by atoms with E-state index in [1.54, 1.807) is 18.2 Å². The van der Waals surface area contributed by atoms with Gasteiger partial charge in [0.1, 0.15) is 0 Å². The average Bonchev–Trinajstić information content (AvgIpc) is 3.15. The van der Waals surface area contributed by atoms with Crippen LogP contribution in [0.15, 0.2) is 46.9 Å². The van der Waals surface area contributed by atoms with E-state index in [2.05, 4.69) is 10.2 Å². The number of nitro benzene ring substituents is 1. The van der Waals surface area contributed by atoms with Gasteiger partial charge in [0.05, 0.1) is 21.0 Å². The molecule has 27 heavy (non-hydrogen) atoms. The number of nitro groups is 1. The van der Waals surface area contributed by atoms with Gasteiger partial charge in [-0.15, -0.1) is 10.2 Å². The third-order valence-corrected chi connectivity index (χ3v) is 5.09. The second-order valence-corrected chi connectivity index (χ2v) is 6.84. The van der Waals surface area contributed by atoms with Crippen molar-refractivity contribution in [2.24, 2.45) is 0 Å². The summed E-state index contributed by atoms with van der Waals surface area (Å²) in [5, 5.41) is 19.9. The highest BCUT2D eigenvalue weighted by Crippen LogP contribution is 2.29. The maximum atomic E-state index is 10.7. The van der Waals surface area contributed by atoms with Gasteiger partial charge >= 0.3 is 0 Å². The minimum absolute atomic E-state index is 0.00462. The highest BCUT2D eigenvalue weighted by Gasteiger charge is 2.20. The number of halogens is 2. The van der Waals surface area contributed by atoms with Crippen molar-refractivity contribution in [2.75, 3.05) is 7.05 Å². The Morgan fingerprint density at radius 1 is 1.19 bits per heavy atom. The number of hydrogen-bond acceptors (Lipinski definition) is 6. The first-order valence-corrected chi connectivity index (χ1v) is 8.83. The standard InChI is InChI=1S/C18H16Cl2N4O3/c1-11(23(2)10-13-4-3-5-15(19)16(13)20)17-21-22-18(27-17)12-6-8-14(9-7-12)24(25)26/h3-9,11H,10H2,1-2H3/t11-/m1/s1. The average molecular weight is 407 g/mol. The number of rotatable bonds is 6. The molecule has 2 aromatic carbocycles. The predicted molar refractivity (Wildman–Crippen MR) is 103 cm³/mol. The molecule has 0 aliphatic rings. The van der Waals surface area contributed by atoms with Crippen molar-refractivity contribution in [1.82, 2.24) is 15.1 Å². The Morgan fingerprint density at radius 2 is 1.89 bits per heavy atom. The van der Waals surface area contributed by atoms with Crippen LogP contribution >= 0.6 is 23.2 Å². The van der Waals surface area contributed by atoms with Crippen molar-refractivity contribution in [1.29, 1.82) is 0 Å². The van der Waals surface area contributed by atoms with Gasteiger partial charge in [-0.25, -0.2) is 0 Å². The summed E-state index contributed by atoms with van der Waals surface area (Å²) in [6.07, 6.45) is 0. The van der Waals surface area contributed by atoms with Crippen LogP contribution in [0.3, 0.4) is 0 Å². The van der Waals surface area contributed by atoms with Gasteiger partial charge in [-0.3, -0.25) is 15.0 Å². The van der Waals surface area contributed by atoms with Crippen molar-refractivity contribution in [2.45, 2.75) is 19.5 Å². The molecule has 0 fully saturated rings. The fraction of sp³-hybridized carbons (Fsp3) is 0.222. The number of benzene rings is 2. The van der Waals surface area contributed by atoms with E-state index < -0.39 is 4.92 Å². The number of non-ortho nitro benzene ring substituents is 1. The van der Waals surface area contributed by atoms with Crippen LogP contribution in [0.2, 0.25) is 10.0 Å². The van der Waals surface area contributed by atoms with Gasteiger partial charge in [-0.2, -0.15) is 0 Å². The smallest absolute Gasteiger partial charge is 0.269 e. The van der Waals surface area contributed by atoms with Crippen LogP contribution in [-0.4, -0.2) is 27.1 Å². The quantitative estimate of drug-likeness (QED) is 0.415. The monoisotopic (exact) mass is 406 g/mol. The topological polar surface area (TPSA) is 85.3 Å². The molecule has 0 radical (unpaired) electrons. The van der Waals surface area contributed by atoms with Gasteiger partial charge in [0.25, 0.3) is 5.69 Å². The predicted octanol–water partition coefficient (Wildman–Crippen LogP) is 5.14. The Labute approximate surface area is 165 Å². The van der Waals surface area contributed by atoms with E-state index in [0.717, 1.165) is 5.56 Å². The second-order valence-electron chi connectivity index (χ2n) is 6.05. The number of hydrogen-bond donors (Lipinski definition) is 0. The first kappa shape index (κ1) is 19.3. The Kier molecular flexibility index (Phi) is 5.74. The maximum Gasteiger partial charge on any atom is 0.269 e. The first-order valence-electron chi connectivity index (χ1n) is 8.08. The summed E-state index contributed by atoms with van der Waals surface area (Å²) < 4.78 is 5.75. The summed E-state index contributed by atoms with van der Waals surface area (Å²) in [7, 11) is 1.91. The van der Waals surface area contributed by atoms with E-state index in [9.17, 15) is 10.1 Å². The zero-order chi connectivity index (χ0) is 19.6. The lowest BCUT2D eigenvalue weighted by Gasteiger charge is -2.22. The van der Waals surface area contributed by atoms with Gasteiger partial charge in [0, 0.05) is 24.2 Å². The molecule has 0 N–H and O–H groups in total. The van der Waals surface area contributed by atoms with Crippen molar-refractivity contribution in [3.05, 3.63) is 74.1 Å². The molecule has 0 aliphatic heterocycles. The van der Waals surface area contributed by atoms with E-state index in [4.69, 9.17) is 27.6 Å². The van der Waals surface area contributed by atoms with Gasteiger partial charge in [0.2, 0.25) is 11.8 Å². The van der Waals surface area contributed by atoms with Gasteiger partial charge in [-0.05, 0) is 37.7 Å². The highest BCUT2D eigenvalue weighted by atomic mass is 35.5. The Balaban J connectivity index is 1.75. The largest absolute Gasteiger partial charge is 0.419 e. The van der Waals surface area contributed by atoms with Crippen LogP contribution in [0.4, 0.5) is 5.69 Å². The molecule has 3 aromatic rings. The molecule has 9 heteroatoms. The lowest BCUT2D eigenvalue weighted by atomic mass is 10.2. The van der Waals surface area contributed by atoms with Crippen LogP contribution < -0.4 is 0 Å². The van der Waals surface area contributed by atoms with Gasteiger partial charge < -0.3 is 4.42 Å². The minimum atomic E-state index is -0.457. The molecular weight excluding hydrogens is 391 g/mol. The fourth-order valence-corrected chi connectivity index (χ4v) is 2.89. The van der Waals surface area contributed by atoms with Crippen LogP contribution in [-0.2, 0) is 6.54 Å². The van der Waals surface area contributed by atoms with E-state index in [0.29, 0.717) is 33.9 Å². The molecule has 0 saturated carbocycles. The molecule has 1 atom stereocenters. The third-order valence-electron chi connectivity index (χ3n) is 4.24. The molecule has 0 spiro atoms. The lowest BCUT2D eigenvalue weighted by Crippen LogP contribution is -2.22. The van der Waals surface area contributed by atoms with Crippen molar-refractivity contribution in [3.8, 4) is 11.5 Å². The summed E-state index contributed by atoms with van der Waals surface area (Å²) in [6.45, 7) is 2.49. The normalized spacial score (nSPS) is 12.3. The Morgan fingerprint density at radius 3 is 2.56 bits per heavy atom. The number of aromatic nitrogens is 2. The van der Waals surface area contributed by atoms with E-state index in [1.807, 2.05) is 31.0 Å². The summed E-state index contributed by atoms with van der Waals surface area (Å²) >= 11 is 12.3. The molecule has 0 saturated heterocycles. The maximum absolute atomic E-state index is 10.7. The van der Waals surface area contributed by atoms with Crippen LogP contribution in [0.1, 0.15) is 24.4 Å². The molecule has 7 nitrogen and oxygen atoms in total. The van der Waals surface area contributed by atoms with E-state index in [-0.39, 0.29) is 11.7 Å². The number of nitrogens with zero attached hydrogens (tertiary/aromatic N) is 4. The molecule has 1 heterocycles. The lowest BCUT2D eigenvalue weighted by molar-refractivity contribution is -0.384. The van der Waals surface area contributed by atoms with Crippen molar-refractivity contribution < 1.29 is 9.34 Å². The van der Waals surface area contributed by atoms with Crippen molar-refractivity contribution in [3.63, 3.8) is 0 Å². The fourth-order valence-electron chi connectivity index (χ4n) is 2.51. The Bertz CT molecular complexity index is 959. The molecule has 3 rings (SSSR count). The molecule has 0 bridgehead atoms. The zero-order valence-corrected chi connectivity index (χ0v) is 16.1. The Hall–Kier alpha value is -2.48. The zero-order valence-electron chi connectivity index (χ0n) is 14.6. The molecule has 1 aromatic heterocycles. The van der Waals surface area contributed by atoms with Gasteiger partial charge in [-0.1, -0.05) is 35.3 Å². The molecule has 0 amide bonds. The molecule has 0 aliphatic carbocycles. The van der Waals surface area contributed by atoms with E-state index >= 15 is 0 Å². The van der Waals surface area contributed by atoms with Gasteiger partial charge in [0.15, 0.2) is 0 Å². The van der Waals surface area contributed by atoms with Crippen LogP contribution in [0.25, 0.3) is 11.5 Å². The summed E-state index contributed by atoms with van der Waals surface area (Å²) in [6, 6.07) is 11.3. The molecular formula is C18H16Cl2N4O3. The summed E-state index contributed by atoms with van der Waals surface area (Å²) in [5.74, 6) is 0.741. The summed E-state index contributed by atoms with van der Waals surface area (Å²) in [4.78, 5) is 12.3. The summed E-state index contributed by atoms with van der Waals surface area (Å²) in [5.41, 5.74) is 1.52. The minimum Gasteiger partial charge on any atom is -0.419 e. The van der Waals surface area contributed by atoms with Crippen LogP contribution in [0, 0.1) is 10.1 Å². The second kappa shape index (κ2) is 8.04. The SMILES string of the molecule is C[C@H](c1nnc(-c2ccc([N+](=O)[O-])cc2)o1)N(C)Cc1cccc(Cl)c1Cl. The van der Waals surface area contributed by atoms with E-state index in [1.165, 1.54) is 12.1 Å². The van der Waals surface area contributed by atoms with Crippen LogP contribution in [0.5, 0.6) is 0 Å².